The van der Waals surface area contributed by atoms with E-state index >= 15 is 0 Å². The summed E-state index contributed by atoms with van der Waals surface area (Å²) >= 11 is 9.73. The molecular weight excluding hydrogens is 554 g/mol. The number of ether oxygens (including phenoxy) is 2. The molecule has 0 aliphatic rings. The molecule has 0 aliphatic carbocycles. The molecule has 1 atom stereocenters. The van der Waals surface area contributed by atoms with Gasteiger partial charge in [0.1, 0.15) is 24.0 Å². The zero-order valence-electron chi connectivity index (χ0n) is 20.1. The number of amides is 1. The van der Waals surface area contributed by atoms with Gasteiger partial charge in [-0.1, -0.05) is 29.8 Å². The Morgan fingerprint density at radius 3 is 2.69 bits per heavy atom. The lowest BCUT2D eigenvalue weighted by Gasteiger charge is -2.15. The third-order valence-corrected chi connectivity index (χ3v) is 6.22. The van der Waals surface area contributed by atoms with E-state index in [0.29, 0.717) is 38.9 Å². The third kappa shape index (κ3) is 6.21. The van der Waals surface area contributed by atoms with Crippen molar-refractivity contribution < 1.29 is 19.2 Å². The second-order valence-corrected chi connectivity index (χ2v) is 9.04. The Morgan fingerprint density at radius 1 is 1.33 bits per heavy atom. The summed E-state index contributed by atoms with van der Waals surface area (Å²) in [6.07, 6.45) is 1.46. The number of rotatable bonds is 10. The molecule has 10 nitrogen and oxygen atoms in total. The van der Waals surface area contributed by atoms with Gasteiger partial charge in [0.15, 0.2) is 11.5 Å². The summed E-state index contributed by atoms with van der Waals surface area (Å²) in [5.41, 5.74) is 4.36. The van der Waals surface area contributed by atoms with E-state index in [2.05, 4.69) is 31.6 Å². The smallest absolute Gasteiger partial charge is 0.312 e. The van der Waals surface area contributed by atoms with Gasteiger partial charge in [0.2, 0.25) is 0 Å². The number of hydrazone groups is 1. The van der Waals surface area contributed by atoms with Crippen LogP contribution in [0.3, 0.4) is 0 Å². The van der Waals surface area contributed by atoms with Crippen molar-refractivity contribution in [2.45, 2.75) is 40.3 Å². The Morgan fingerprint density at radius 2 is 2.06 bits per heavy atom. The Bertz CT molecular complexity index is 1310. The molecule has 1 unspecified atom stereocenters. The molecule has 0 aliphatic heterocycles. The van der Waals surface area contributed by atoms with E-state index in [-0.39, 0.29) is 18.0 Å². The summed E-state index contributed by atoms with van der Waals surface area (Å²) in [6.45, 7) is 7.19. The van der Waals surface area contributed by atoms with E-state index in [4.69, 9.17) is 21.1 Å². The minimum absolute atomic E-state index is 0.108. The fourth-order valence-electron chi connectivity index (χ4n) is 3.50. The van der Waals surface area contributed by atoms with Gasteiger partial charge in [0, 0.05) is 10.6 Å². The van der Waals surface area contributed by atoms with Crippen molar-refractivity contribution in [2.24, 2.45) is 5.10 Å². The van der Waals surface area contributed by atoms with Crippen molar-refractivity contribution in [3.63, 3.8) is 0 Å². The zero-order valence-corrected chi connectivity index (χ0v) is 22.5. The monoisotopic (exact) mass is 577 g/mol. The highest BCUT2D eigenvalue weighted by atomic mass is 79.9. The lowest BCUT2D eigenvalue weighted by Crippen LogP contribution is -2.28. The molecular formula is C24H25BrClN5O5. The van der Waals surface area contributed by atoms with Crippen LogP contribution in [0, 0.1) is 24.0 Å². The molecule has 3 aromatic rings. The van der Waals surface area contributed by atoms with Crippen LogP contribution in [0.4, 0.5) is 5.69 Å². The number of hydrogen-bond donors (Lipinski definition) is 1. The van der Waals surface area contributed by atoms with Crippen molar-refractivity contribution in [1.29, 1.82) is 0 Å². The summed E-state index contributed by atoms with van der Waals surface area (Å²) in [5.74, 6) is 0.531. The van der Waals surface area contributed by atoms with Crippen molar-refractivity contribution in [3.8, 4) is 11.5 Å². The predicted molar refractivity (Wildman–Crippen MR) is 140 cm³/mol. The van der Waals surface area contributed by atoms with Gasteiger partial charge >= 0.3 is 5.69 Å². The van der Waals surface area contributed by atoms with Gasteiger partial charge in [0.05, 0.1) is 22.2 Å². The molecule has 190 valence electrons. The van der Waals surface area contributed by atoms with E-state index in [0.717, 1.165) is 5.56 Å². The highest BCUT2D eigenvalue weighted by molar-refractivity contribution is 9.10. The van der Waals surface area contributed by atoms with Crippen LogP contribution in [0.25, 0.3) is 0 Å². The molecule has 0 saturated carbocycles. The largest absolute Gasteiger partial charge is 0.490 e. The summed E-state index contributed by atoms with van der Waals surface area (Å²) in [5, 5.41) is 20.0. The standard InChI is InChI=1S/C24H25BrClN5O5/c1-5-35-21-11-17(10-19(25)23(21)36-13-18-8-6-7-9-20(18)26)12-27-28-24(32)16(4)30-15(3)22(31(33)34)14(2)29-30/h6-12,16H,5,13H2,1-4H3,(H,28,32)/b27-12+. The van der Waals surface area contributed by atoms with Gasteiger partial charge in [-0.15, -0.1) is 0 Å². The van der Waals surface area contributed by atoms with Gasteiger partial charge in [-0.2, -0.15) is 10.2 Å². The minimum atomic E-state index is -0.805. The molecule has 0 radical (unpaired) electrons. The van der Waals surface area contributed by atoms with Crippen LogP contribution in [0.5, 0.6) is 11.5 Å². The first-order valence-electron chi connectivity index (χ1n) is 11.0. The van der Waals surface area contributed by atoms with Crippen molar-refractivity contribution in [2.75, 3.05) is 6.61 Å². The van der Waals surface area contributed by atoms with Gasteiger partial charge in [-0.25, -0.2) is 5.43 Å². The molecule has 3 rings (SSSR count). The van der Waals surface area contributed by atoms with Crippen LogP contribution in [0.2, 0.25) is 5.02 Å². The highest BCUT2D eigenvalue weighted by Gasteiger charge is 2.27. The molecule has 1 aromatic heterocycles. The second-order valence-electron chi connectivity index (χ2n) is 7.77. The second kappa shape index (κ2) is 12.0. The summed E-state index contributed by atoms with van der Waals surface area (Å²) < 4.78 is 13.7. The van der Waals surface area contributed by atoms with Crippen LogP contribution < -0.4 is 14.9 Å². The minimum Gasteiger partial charge on any atom is -0.490 e. The Labute approximate surface area is 221 Å². The quantitative estimate of drug-likeness (QED) is 0.192. The van der Waals surface area contributed by atoms with Crippen LogP contribution >= 0.6 is 27.5 Å². The molecule has 0 saturated heterocycles. The molecule has 0 spiro atoms. The van der Waals surface area contributed by atoms with Gasteiger partial charge in [-0.05, 0) is 67.4 Å². The predicted octanol–water partition coefficient (Wildman–Crippen LogP) is 5.51. The number of halogens is 2. The lowest BCUT2D eigenvalue weighted by atomic mass is 10.2. The molecule has 1 N–H and O–H groups in total. The summed E-state index contributed by atoms with van der Waals surface area (Å²) in [4.78, 5) is 23.3. The molecule has 1 heterocycles. The number of aryl methyl sites for hydroxylation is 1. The molecule has 1 amide bonds. The normalized spacial score (nSPS) is 11.9. The van der Waals surface area contributed by atoms with E-state index < -0.39 is 16.9 Å². The number of nitrogens with one attached hydrogen (secondary N) is 1. The van der Waals surface area contributed by atoms with Crippen LogP contribution in [0.1, 0.15) is 42.4 Å². The van der Waals surface area contributed by atoms with E-state index in [1.807, 2.05) is 25.1 Å². The first-order valence-corrected chi connectivity index (χ1v) is 12.2. The topological polar surface area (TPSA) is 121 Å². The van der Waals surface area contributed by atoms with E-state index in [1.165, 1.54) is 17.8 Å². The number of hydrogen-bond acceptors (Lipinski definition) is 7. The fourth-order valence-corrected chi connectivity index (χ4v) is 4.27. The SMILES string of the molecule is CCOc1cc(/C=N/NC(=O)C(C)n2nc(C)c([N+](=O)[O-])c2C)cc(Br)c1OCc1ccccc1Cl. The summed E-state index contributed by atoms with van der Waals surface area (Å²) in [7, 11) is 0. The highest BCUT2D eigenvalue weighted by Crippen LogP contribution is 2.37. The number of nitrogens with zero attached hydrogens (tertiary/aromatic N) is 4. The molecule has 0 bridgehead atoms. The maximum Gasteiger partial charge on any atom is 0.312 e. The average molecular weight is 579 g/mol. The molecule has 2 aromatic carbocycles. The summed E-state index contributed by atoms with van der Waals surface area (Å²) in [6, 6.07) is 10.1. The Hall–Kier alpha value is -3.44. The molecule has 0 fully saturated rings. The maximum atomic E-state index is 12.6. The van der Waals surface area contributed by atoms with Gasteiger partial charge < -0.3 is 9.47 Å². The third-order valence-electron chi connectivity index (χ3n) is 5.27. The van der Waals surface area contributed by atoms with Crippen LogP contribution in [-0.2, 0) is 11.4 Å². The van der Waals surface area contributed by atoms with Gasteiger partial charge in [0.25, 0.3) is 5.91 Å². The average Bonchev–Trinajstić information content (AvgIpc) is 3.13. The van der Waals surface area contributed by atoms with Crippen molar-refractivity contribution in [3.05, 3.63) is 78.5 Å². The molecule has 12 heteroatoms. The van der Waals surface area contributed by atoms with Crippen molar-refractivity contribution in [1.82, 2.24) is 15.2 Å². The number of carbonyl (C=O) groups is 1. The van der Waals surface area contributed by atoms with E-state index in [1.54, 1.807) is 32.0 Å². The number of carbonyl (C=O) groups excluding carboxylic acids is 1. The van der Waals surface area contributed by atoms with Crippen molar-refractivity contribution >= 4 is 45.3 Å². The number of benzene rings is 2. The Balaban J connectivity index is 1.73. The number of nitro groups is 1. The Kier molecular flexibility index (Phi) is 9.05. The zero-order chi connectivity index (χ0) is 26.4. The first-order chi connectivity index (χ1) is 17.1. The molecule has 36 heavy (non-hydrogen) atoms. The fraction of sp³-hybridized carbons (Fsp3) is 0.292. The maximum absolute atomic E-state index is 12.6. The van der Waals surface area contributed by atoms with Crippen LogP contribution in [-0.4, -0.2) is 33.4 Å². The number of aromatic nitrogens is 2. The van der Waals surface area contributed by atoms with Crippen LogP contribution in [0.15, 0.2) is 46.0 Å². The first kappa shape index (κ1) is 27.2. The van der Waals surface area contributed by atoms with Gasteiger partial charge in [-0.3, -0.25) is 19.6 Å². The lowest BCUT2D eigenvalue weighted by molar-refractivity contribution is -0.386. The van der Waals surface area contributed by atoms with E-state index in [9.17, 15) is 14.9 Å².